The zero-order valence-corrected chi connectivity index (χ0v) is 27.8. The maximum atomic E-state index is 13.6. The van der Waals surface area contributed by atoms with Crippen molar-refractivity contribution in [3.05, 3.63) is 59.2 Å². The average Bonchev–Trinajstić information content (AvgIpc) is 3.38. The van der Waals surface area contributed by atoms with Crippen LogP contribution in [-0.2, 0) is 37.4 Å². The summed E-state index contributed by atoms with van der Waals surface area (Å²) in [5, 5.41) is 17.5. The van der Waals surface area contributed by atoms with Crippen LogP contribution in [0, 0.1) is 0 Å². The molecule has 2 bridgehead atoms. The molecule has 2 aliphatic carbocycles. The second-order valence-electron chi connectivity index (χ2n) is 14.4. The van der Waals surface area contributed by atoms with Gasteiger partial charge in [0.1, 0.15) is 24.4 Å². The molecule has 1 saturated carbocycles. The fourth-order valence-electron chi connectivity index (χ4n) is 8.65. The summed E-state index contributed by atoms with van der Waals surface area (Å²) in [5.41, 5.74) is 1.69. The number of amides is 1. The monoisotopic (exact) mass is 635 g/mol. The Morgan fingerprint density at radius 1 is 1.13 bits per heavy atom. The summed E-state index contributed by atoms with van der Waals surface area (Å²) >= 11 is 0. The predicted molar refractivity (Wildman–Crippen MR) is 173 cm³/mol. The number of nitrogens with zero attached hydrogens (tertiary/aromatic N) is 1. The van der Waals surface area contributed by atoms with Gasteiger partial charge < -0.3 is 34.3 Å². The minimum absolute atomic E-state index is 0.155. The van der Waals surface area contributed by atoms with Crippen LogP contribution in [0.2, 0.25) is 0 Å². The van der Waals surface area contributed by atoms with Crippen LogP contribution in [0.1, 0.15) is 76.0 Å². The lowest BCUT2D eigenvalue weighted by Gasteiger charge is -2.65. The molecule has 1 saturated heterocycles. The van der Waals surface area contributed by atoms with Gasteiger partial charge in [-0.1, -0.05) is 36.4 Å². The van der Waals surface area contributed by atoms with Gasteiger partial charge in [-0.05, 0) is 96.5 Å². The van der Waals surface area contributed by atoms with E-state index in [4.69, 9.17) is 18.9 Å². The molecule has 3 N–H and O–H groups in total. The van der Waals surface area contributed by atoms with E-state index < -0.39 is 28.8 Å². The Labute approximate surface area is 272 Å². The van der Waals surface area contributed by atoms with Crippen LogP contribution in [0.15, 0.2) is 42.5 Å². The third-order valence-corrected chi connectivity index (χ3v) is 10.6. The highest BCUT2D eigenvalue weighted by Gasteiger charge is 2.73. The number of aromatic hydroxyl groups is 1. The topological polar surface area (TPSA) is 119 Å². The Bertz CT molecular complexity index is 1430. The summed E-state index contributed by atoms with van der Waals surface area (Å²) in [7, 11) is 4.00. The number of phenolic OH excluding ortho intramolecular Hbond substituents is 1. The molecule has 6 rings (SSSR count). The van der Waals surface area contributed by atoms with Gasteiger partial charge in [-0.15, -0.1) is 0 Å². The van der Waals surface area contributed by atoms with E-state index in [9.17, 15) is 14.7 Å². The minimum atomic E-state index is -0.636. The number of hydrogen-bond acceptors (Lipinski definition) is 9. The number of ether oxygens (including phenoxy) is 4. The molecular formula is C36H49N3O7. The maximum absolute atomic E-state index is 13.6. The quantitative estimate of drug-likeness (QED) is 0.241. The number of methoxy groups -OCH3 is 1. The standard InChI is InChI=1S/C36H49N3O7/c1-34(2,3)46-32(41)26(13-9-10-19-37-33(42)44-22-23-11-7-6-8-12-23)38-25-16-17-36(43-5)28-21-24-14-15-27(40)30-29(24)35(36,31(25)45-30)18-20-39(28)4/h6-8,11-12,14-15,25-26,28,31,38,40H,9-10,13,16-22H2,1-5H3,(H,37,42)/t25?,26?,28?,31-,35-,36+/m0/s1. The molecule has 250 valence electrons. The fourth-order valence-corrected chi connectivity index (χ4v) is 8.65. The van der Waals surface area contributed by atoms with Crippen molar-refractivity contribution in [3.8, 4) is 11.5 Å². The minimum Gasteiger partial charge on any atom is -0.504 e. The second-order valence-corrected chi connectivity index (χ2v) is 14.4. The number of likely N-dealkylation sites (N-methyl/N-ethyl adjacent to an activating group) is 1. The molecule has 2 fully saturated rings. The number of benzene rings is 2. The number of esters is 1. The third kappa shape index (κ3) is 5.73. The van der Waals surface area contributed by atoms with Crippen molar-refractivity contribution in [1.29, 1.82) is 0 Å². The van der Waals surface area contributed by atoms with E-state index in [-0.39, 0.29) is 36.5 Å². The highest BCUT2D eigenvalue weighted by Crippen LogP contribution is 2.66. The molecule has 0 aromatic heterocycles. The number of alkyl carbamates (subject to hydrolysis) is 1. The smallest absolute Gasteiger partial charge is 0.407 e. The van der Waals surface area contributed by atoms with Gasteiger partial charge in [0.2, 0.25) is 0 Å². The van der Waals surface area contributed by atoms with Gasteiger partial charge in [0.15, 0.2) is 11.5 Å². The molecule has 2 aromatic carbocycles. The fraction of sp³-hybridized carbons (Fsp3) is 0.611. The van der Waals surface area contributed by atoms with Crippen molar-refractivity contribution in [2.75, 3.05) is 27.2 Å². The molecule has 0 radical (unpaired) electrons. The number of likely N-dealkylation sites (tertiary alicyclic amines) is 1. The van der Waals surface area contributed by atoms with Gasteiger partial charge >= 0.3 is 12.1 Å². The SMILES string of the molecule is CO[C@@]12CCC(NC(CCCCNC(=O)OCc3ccccc3)C(=O)OC(C)(C)C)[C@@H]3Oc4c(O)ccc5c4[C@@]31CCN(C)C2C5. The van der Waals surface area contributed by atoms with Crippen molar-refractivity contribution >= 4 is 12.1 Å². The molecule has 6 atom stereocenters. The Morgan fingerprint density at radius 3 is 2.65 bits per heavy atom. The number of carbonyl (C=O) groups is 2. The number of carbonyl (C=O) groups excluding carboxylic acids is 2. The van der Waals surface area contributed by atoms with Crippen molar-refractivity contribution in [2.24, 2.45) is 0 Å². The number of rotatable bonds is 11. The van der Waals surface area contributed by atoms with Crippen LogP contribution in [0.3, 0.4) is 0 Å². The van der Waals surface area contributed by atoms with Crippen molar-refractivity contribution in [2.45, 2.75) is 113 Å². The molecule has 10 heteroatoms. The summed E-state index contributed by atoms with van der Waals surface area (Å²) in [6.07, 6.45) is 4.38. The van der Waals surface area contributed by atoms with E-state index in [1.807, 2.05) is 64.3 Å². The molecule has 46 heavy (non-hydrogen) atoms. The van der Waals surface area contributed by atoms with Gasteiger partial charge in [-0.3, -0.25) is 10.1 Å². The van der Waals surface area contributed by atoms with Crippen LogP contribution in [0.5, 0.6) is 11.5 Å². The normalized spacial score (nSPS) is 28.5. The maximum Gasteiger partial charge on any atom is 0.407 e. The second kappa shape index (κ2) is 12.7. The van der Waals surface area contributed by atoms with Crippen molar-refractivity contribution in [1.82, 2.24) is 15.5 Å². The van der Waals surface area contributed by atoms with Crippen LogP contribution in [0.4, 0.5) is 4.79 Å². The van der Waals surface area contributed by atoms with E-state index in [1.54, 1.807) is 6.07 Å². The summed E-state index contributed by atoms with van der Waals surface area (Å²) in [6, 6.07) is 12.8. The number of piperidine rings is 1. The van der Waals surface area contributed by atoms with Crippen molar-refractivity contribution < 1.29 is 33.6 Å². The van der Waals surface area contributed by atoms with Crippen LogP contribution < -0.4 is 15.4 Å². The van der Waals surface area contributed by atoms with Crippen LogP contribution in [-0.4, -0.2) is 84.7 Å². The first kappa shape index (κ1) is 32.6. The van der Waals surface area contributed by atoms with E-state index in [0.717, 1.165) is 43.4 Å². The predicted octanol–water partition coefficient (Wildman–Crippen LogP) is 4.60. The highest BCUT2D eigenvalue weighted by atomic mass is 16.6. The molecular weight excluding hydrogens is 586 g/mol. The lowest BCUT2D eigenvalue weighted by molar-refractivity contribution is -0.204. The lowest BCUT2D eigenvalue weighted by Crippen LogP contribution is -2.78. The molecule has 3 unspecified atom stereocenters. The molecule has 4 aliphatic rings. The molecule has 1 spiro atoms. The first-order chi connectivity index (χ1) is 22.0. The first-order valence-corrected chi connectivity index (χ1v) is 16.7. The van der Waals surface area contributed by atoms with E-state index in [1.165, 1.54) is 5.56 Å². The van der Waals surface area contributed by atoms with Crippen LogP contribution in [0.25, 0.3) is 0 Å². The Hall–Kier alpha value is -3.34. The molecule has 2 aromatic rings. The van der Waals surface area contributed by atoms with E-state index in [2.05, 4.69) is 22.6 Å². The largest absolute Gasteiger partial charge is 0.504 e. The number of hydrogen-bond donors (Lipinski definition) is 3. The van der Waals surface area contributed by atoms with Gasteiger partial charge in [0.05, 0.1) is 11.0 Å². The van der Waals surface area contributed by atoms with Gasteiger partial charge in [-0.25, -0.2) is 4.79 Å². The number of nitrogens with one attached hydrogen (secondary N) is 2. The zero-order valence-electron chi connectivity index (χ0n) is 27.8. The Kier molecular flexibility index (Phi) is 8.99. The molecule has 10 nitrogen and oxygen atoms in total. The Balaban J connectivity index is 1.16. The Morgan fingerprint density at radius 2 is 1.91 bits per heavy atom. The number of phenols is 1. The third-order valence-electron chi connectivity index (χ3n) is 10.6. The summed E-state index contributed by atoms with van der Waals surface area (Å²) in [4.78, 5) is 28.2. The van der Waals surface area contributed by atoms with Gasteiger partial charge in [-0.2, -0.15) is 0 Å². The molecule has 2 aliphatic heterocycles. The van der Waals surface area contributed by atoms with Crippen LogP contribution >= 0.6 is 0 Å². The summed E-state index contributed by atoms with van der Waals surface area (Å²) < 4.78 is 24.5. The summed E-state index contributed by atoms with van der Waals surface area (Å²) in [6.45, 7) is 7.18. The van der Waals surface area contributed by atoms with E-state index in [0.29, 0.717) is 31.6 Å². The zero-order chi connectivity index (χ0) is 32.7. The first-order valence-electron chi connectivity index (χ1n) is 16.7. The summed E-state index contributed by atoms with van der Waals surface area (Å²) in [5.74, 6) is 0.426. The average molecular weight is 636 g/mol. The molecule has 1 amide bonds. The van der Waals surface area contributed by atoms with E-state index >= 15 is 0 Å². The lowest BCUT2D eigenvalue weighted by atomic mass is 9.48. The highest BCUT2D eigenvalue weighted by molar-refractivity contribution is 5.76. The van der Waals surface area contributed by atoms with Crippen molar-refractivity contribution in [3.63, 3.8) is 0 Å². The number of unbranched alkanes of at least 4 members (excludes halogenated alkanes) is 1. The molecule has 2 heterocycles. The van der Waals surface area contributed by atoms with Gasteiger partial charge in [0.25, 0.3) is 0 Å². The van der Waals surface area contributed by atoms with Gasteiger partial charge in [0, 0.05) is 31.3 Å².